The molecule has 1 aromatic carbocycles. The van der Waals surface area contributed by atoms with E-state index in [2.05, 4.69) is 42.0 Å². The van der Waals surface area contributed by atoms with Gasteiger partial charge < -0.3 is 10.2 Å². The predicted molar refractivity (Wildman–Crippen MR) is 85.4 cm³/mol. The molecule has 0 fully saturated rings. The van der Waals surface area contributed by atoms with Crippen molar-refractivity contribution in [1.82, 2.24) is 10.3 Å². The van der Waals surface area contributed by atoms with Gasteiger partial charge in [0.1, 0.15) is 11.6 Å². The summed E-state index contributed by atoms with van der Waals surface area (Å²) in [7, 11) is 0. The number of benzene rings is 1. The van der Waals surface area contributed by atoms with Gasteiger partial charge in [-0.1, -0.05) is 13.0 Å². The summed E-state index contributed by atoms with van der Waals surface area (Å²) < 4.78 is 13.1. The monoisotopic (exact) mass is 287 g/mol. The van der Waals surface area contributed by atoms with Crippen LogP contribution in [0.1, 0.15) is 32.4 Å². The van der Waals surface area contributed by atoms with Crippen LogP contribution in [0.4, 0.5) is 15.9 Å². The minimum atomic E-state index is -0.225. The largest absolute Gasteiger partial charge is 0.326 e. The smallest absolute Gasteiger partial charge is 0.137 e. The zero-order valence-corrected chi connectivity index (χ0v) is 12.8. The van der Waals surface area contributed by atoms with E-state index in [-0.39, 0.29) is 11.9 Å². The Bertz CT molecular complexity index is 569. The molecule has 1 aromatic heterocycles. The summed E-state index contributed by atoms with van der Waals surface area (Å²) in [5.74, 6) is 0.692. The third-order valence-electron chi connectivity index (χ3n) is 3.50. The van der Waals surface area contributed by atoms with Crippen LogP contribution in [-0.4, -0.2) is 18.1 Å². The van der Waals surface area contributed by atoms with Crippen LogP contribution in [-0.2, 0) is 0 Å². The molecule has 0 saturated heterocycles. The molecular weight excluding hydrogens is 265 g/mol. The first-order valence-corrected chi connectivity index (χ1v) is 7.38. The first kappa shape index (κ1) is 15.4. The number of anilines is 2. The molecule has 0 bridgehead atoms. The summed E-state index contributed by atoms with van der Waals surface area (Å²) in [6, 6.07) is 10.8. The Hall–Kier alpha value is -1.94. The molecule has 0 radical (unpaired) electrons. The number of halogens is 1. The molecule has 0 aliphatic carbocycles. The van der Waals surface area contributed by atoms with E-state index in [1.54, 1.807) is 18.3 Å². The number of hydrogen-bond donors (Lipinski definition) is 1. The molecule has 112 valence electrons. The number of rotatable bonds is 6. The minimum absolute atomic E-state index is 0.216. The highest BCUT2D eigenvalue weighted by Crippen LogP contribution is 2.29. The van der Waals surface area contributed by atoms with Crippen molar-refractivity contribution in [3.63, 3.8) is 0 Å². The number of hydrogen-bond acceptors (Lipinski definition) is 3. The summed E-state index contributed by atoms with van der Waals surface area (Å²) in [6.07, 6.45) is 1.80. The lowest BCUT2D eigenvalue weighted by molar-refractivity contribution is 0.595. The molecular formula is C17H22FN3. The average Bonchev–Trinajstić information content (AvgIpc) is 2.50. The molecule has 1 heterocycles. The summed E-state index contributed by atoms with van der Waals surface area (Å²) in [6.45, 7) is 7.96. The highest BCUT2D eigenvalue weighted by atomic mass is 19.1. The fourth-order valence-electron chi connectivity index (χ4n) is 2.46. The van der Waals surface area contributed by atoms with Gasteiger partial charge in [0.05, 0.1) is 0 Å². The van der Waals surface area contributed by atoms with Gasteiger partial charge in [0, 0.05) is 30.0 Å². The van der Waals surface area contributed by atoms with E-state index in [1.165, 1.54) is 12.1 Å². The van der Waals surface area contributed by atoms with Crippen LogP contribution in [0.25, 0.3) is 0 Å². The van der Waals surface area contributed by atoms with Crippen LogP contribution in [0, 0.1) is 5.82 Å². The van der Waals surface area contributed by atoms with Crippen LogP contribution in [0.3, 0.4) is 0 Å². The third kappa shape index (κ3) is 3.58. The fraction of sp³-hybridized carbons (Fsp3) is 0.353. The highest BCUT2D eigenvalue weighted by Gasteiger charge is 2.16. The van der Waals surface area contributed by atoms with Gasteiger partial charge in [-0.05, 0) is 50.7 Å². The number of nitrogens with zero attached hydrogens (tertiary/aromatic N) is 2. The minimum Gasteiger partial charge on any atom is -0.326 e. The molecule has 0 aliphatic heterocycles. The van der Waals surface area contributed by atoms with Gasteiger partial charge in [0.2, 0.25) is 0 Å². The van der Waals surface area contributed by atoms with Gasteiger partial charge in [0.25, 0.3) is 0 Å². The molecule has 3 nitrogen and oxygen atoms in total. The Morgan fingerprint density at radius 2 is 1.90 bits per heavy atom. The van der Waals surface area contributed by atoms with Crippen molar-refractivity contribution < 1.29 is 4.39 Å². The summed E-state index contributed by atoms with van der Waals surface area (Å²) >= 11 is 0. The molecule has 0 amide bonds. The van der Waals surface area contributed by atoms with Crippen LogP contribution >= 0.6 is 0 Å². The molecule has 1 atom stereocenters. The van der Waals surface area contributed by atoms with Crippen LogP contribution in [0.2, 0.25) is 0 Å². The van der Waals surface area contributed by atoms with Crippen molar-refractivity contribution in [3.05, 3.63) is 54.0 Å². The van der Waals surface area contributed by atoms with Gasteiger partial charge in [-0.2, -0.15) is 0 Å². The van der Waals surface area contributed by atoms with E-state index in [0.29, 0.717) is 0 Å². The van der Waals surface area contributed by atoms with Crippen molar-refractivity contribution in [2.24, 2.45) is 0 Å². The van der Waals surface area contributed by atoms with E-state index >= 15 is 0 Å². The number of pyridine rings is 1. The van der Waals surface area contributed by atoms with Crippen LogP contribution in [0.15, 0.2) is 42.6 Å². The second-order valence-corrected chi connectivity index (χ2v) is 4.92. The first-order valence-electron chi connectivity index (χ1n) is 7.38. The van der Waals surface area contributed by atoms with Crippen molar-refractivity contribution in [3.8, 4) is 0 Å². The zero-order valence-electron chi connectivity index (χ0n) is 12.8. The predicted octanol–water partition coefficient (Wildman–Crippen LogP) is 4.05. The second-order valence-electron chi connectivity index (χ2n) is 4.92. The van der Waals surface area contributed by atoms with Gasteiger partial charge in [-0.15, -0.1) is 0 Å². The van der Waals surface area contributed by atoms with Gasteiger partial charge in [0.15, 0.2) is 0 Å². The first-order chi connectivity index (χ1) is 10.2. The van der Waals surface area contributed by atoms with Crippen molar-refractivity contribution in [2.45, 2.75) is 26.8 Å². The van der Waals surface area contributed by atoms with Gasteiger partial charge in [-0.25, -0.2) is 9.37 Å². The van der Waals surface area contributed by atoms with E-state index in [9.17, 15) is 4.39 Å². The van der Waals surface area contributed by atoms with Crippen molar-refractivity contribution >= 4 is 11.5 Å². The quantitative estimate of drug-likeness (QED) is 0.868. The lowest BCUT2D eigenvalue weighted by Gasteiger charge is -2.26. The lowest BCUT2D eigenvalue weighted by Crippen LogP contribution is -2.24. The van der Waals surface area contributed by atoms with E-state index in [1.807, 2.05) is 6.07 Å². The molecule has 1 unspecified atom stereocenters. The summed E-state index contributed by atoms with van der Waals surface area (Å²) in [4.78, 5) is 6.64. The lowest BCUT2D eigenvalue weighted by atomic mass is 10.1. The maximum Gasteiger partial charge on any atom is 0.137 e. The zero-order chi connectivity index (χ0) is 15.2. The fourth-order valence-corrected chi connectivity index (χ4v) is 2.46. The van der Waals surface area contributed by atoms with Crippen LogP contribution < -0.4 is 10.2 Å². The Labute approximate surface area is 125 Å². The van der Waals surface area contributed by atoms with E-state index in [0.717, 1.165) is 30.2 Å². The average molecular weight is 287 g/mol. The van der Waals surface area contributed by atoms with Crippen molar-refractivity contribution in [1.29, 1.82) is 0 Å². The Morgan fingerprint density at radius 3 is 2.52 bits per heavy atom. The third-order valence-corrected chi connectivity index (χ3v) is 3.50. The molecule has 0 aliphatic rings. The Kier molecular flexibility index (Phi) is 5.28. The maximum atomic E-state index is 13.1. The Balaban J connectivity index is 2.40. The number of aromatic nitrogens is 1. The molecule has 21 heavy (non-hydrogen) atoms. The van der Waals surface area contributed by atoms with Crippen LogP contribution in [0.5, 0.6) is 0 Å². The Morgan fingerprint density at radius 1 is 1.19 bits per heavy atom. The molecule has 4 heteroatoms. The topological polar surface area (TPSA) is 28.2 Å². The standard InChI is InChI=1S/C17H22FN3/c1-4-19-13(3)16-7-6-12-20-17(16)21(5-2)15-10-8-14(18)9-11-15/h6-13,19H,4-5H2,1-3H3. The highest BCUT2D eigenvalue weighted by molar-refractivity contribution is 5.63. The molecule has 2 aromatic rings. The number of nitrogens with one attached hydrogen (secondary N) is 1. The SMILES string of the molecule is CCNC(C)c1cccnc1N(CC)c1ccc(F)cc1. The van der Waals surface area contributed by atoms with E-state index in [4.69, 9.17) is 0 Å². The van der Waals surface area contributed by atoms with Crippen molar-refractivity contribution in [2.75, 3.05) is 18.0 Å². The summed E-state index contributed by atoms with van der Waals surface area (Å²) in [5, 5.41) is 3.42. The molecule has 2 rings (SSSR count). The molecule has 1 N–H and O–H groups in total. The molecule has 0 spiro atoms. The van der Waals surface area contributed by atoms with Gasteiger partial charge in [-0.3, -0.25) is 0 Å². The molecule has 0 saturated carbocycles. The van der Waals surface area contributed by atoms with Gasteiger partial charge >= 0.3 is 0 Å². The second kappa shape index (κ2) is 7.18. The van der Waals surface area contributed by atoms with E-state index < -0.39 is 0 Å². The maximum absolute atomic E-state index is 13.1. The summed E-state index contributed by atoms with van der Waals surface area (Å²) in [5.41, 5.74) is 2.09. The normalized spacial score (nSPS) is 12.2.